The van der Waals surface area contributed by atoms with Crippen LogP contribution in [0, 0.1) is 11.8 Å². The number of amides is 1. The Morgan fingerprint density at radius 3 is 2.69 bits per heavy atom. The van der Waals surface area contributed by atoms with Gasteiger partial charge in [-0.3, -0.25) is 9.59 Å². The van der Waals surface area contributed by atoms with E-state index in [1.165, 1.54) is 0 Å². The minimum absolute atomic E-state index is 0.0133. The fraction of sp³-hybridized carbons (Fsp3) is 0.600. The van der Waals surface area contributed by atoms with Crippen molar-refractivity contribution in [3.05, 3.63) is 23.8 Å². The molecule has 2 atom stereocenters. The van der Waals surface area contributed by atoms with Crippen LogP contribution in [-0.2, 0) is 16.0 Å². The summed E-state index contributed by atoms with van der Waals surface area (Å²) in [6.07, 6.45) is 4.37. The van der Waals surface area contributed by atoms with E-state index >= 15 is 0 Å². The maximum Gasteiger partial charge on any atom is 0.306 e. The minimum Gasteiger partial charge on any atom is -0.493 e. The molecule has 0 aromatic heterocycles. The number of hydrogen-bond acceptors (Lipinski definition) is 4. The number of carboxylic acids is 1. The van der Waals surface area contributed by atoms with Gasteiger partial charge in [-0.05, 0) is 56.7 Å². The Balaban J connectivity index is 1.77. The average Bonchev–Trinajstić information content (AvgIpc) is 2.65. The summed E-state index contributed by atoms with van der Waals surface area (Å²) >= 11 is 0. The van der Waals surface area contributed by atoms with Gasteiger partial charge in [0.05, 0.1) is 19.6 Å². The van der Waals surface area contributed by atoms with Gasteiger partial charge in [-0.2, -0.15) is 0 Å². The van der Waals surface area contributed by atoms with Crippen molar-refractivity contribution in [2.75, 3.05) is 20.3 Å². The first-order valence-electron chi connectivity index (χ1n) is 9.35. The van der Waals surface area contributed by atoms with Gasteiger partial charge in [0, 0.05) is 12.5 Å². The lowest BCUT2D eigenvalue weighted by Gasteiger charge is -2.25. The number of ether oxygens (including phenoxy) is 2. The molecule has 0 heterocycles. The maximum atomic E-state index is 12.3. The van der Waals surface area contributed by atoms with Crippen molar-refractivity contribution in [2.24, 2.45) is 11.8 Å². The molecule has 1 fully saturated rings. The molecular formula is C20H29NO5. The van der Waals surface area contributed by atoms with Crippen molar-refractivity contribution in [1.82, 2.24) is 5.32 Å². The highest BCUT2D eigenvalue weighted by molar-refractivity contribution is 5.80. The van der Waals surface area contributed by atoms with Gasteiger partial charge in [0.2, 0.25) is 5.91 Å². The van der Waals surface area contributed by atoms with E-state index in [1.807, 2.05) is 25.1 Å². The highest BCUT2D eigenvalue weighted by Crippen LogP contribution is 2.30. The predicted molar refractivity (Wildman–Crippen MR) is 98.6 cm³/mol. The van der Waals surface area contributed by atoms with Crippen molar-refractivity contribution in [3.63, 3.8) is 0 Å². The fourth-order valence-corrected chi connectivity index (χ4v) is 3.45. The van der Waals surface area contributed by atoms with E-state index in [9.17, 15) is 9.59 Å². The second-order valence-electron chi connectivity index (χ2n) is 6.71. The number of methoxy groups -OCH3 is 1. The van der Waals surface area contributed by atoms with Crippen LogP contribution in [0.15, 0.2) is 18.2 Å². The SMILES string of the molecule is CCOc1cc(CCCNC(=O)C2CCCC(C(=O)O)C2)ccc1OC. The number of aliphatic carboxylic acids is 1. The molecule has 2 rings (SSSR count). The van der Waals surface area contributed by atoms with Crippen LogP contribution in [0.3, 0.4) is 0 Å². The molecule has 1 aromatic rings. The third-order valence-corrected chi connectivity index (χ3v) is 4.86. The number of carbonyl (C=O) groups excluding carboxylic acids is 1. The quantitative estimate of drug-likeness (QED) is 0.659. The summed E-state index contributed by atoms with van der Waals surface area (Å²) in [6, 6.07) is 5.87. The highest BCUT2D eigenvalue weighted by Gasteiger charge is 2.30. The zero-order valence-corrected chi connectivity index (χ0v) is 15.6. The molecule has 0 radical (unpaired) electrons. The molecule has 2 unspecified atom stereocenters. The third kappa shape index (κ3) is 5.64. The Kier molecular flexibility index (Phi) is 7.75. The highest BCUT2D eigenvalue weighted by atomic mass is 16.5. The monoisotopic (exact) mass is 363 g/mol. The third-order valence-electron chi connectivity index (χ3n) is 4.86. The maximum absolute atomic E-state index is 12.3. The van der Waals surface area contributed by atoms with Crippen molar-refractivity contribution in [3.8, 4) is 11.5 Å². The smallest absolute Gasteiger partial charge is 0.306 e. The lowest BCUT2D eigenvalue weighted by Crippen LogP contribution is -2.36. The molecule has 6 nitrogen and oxygen atoms in total. The van der Waals surface area contributed by atoms with Gasteiger partial charge >= 0.3 is 5.97 Å². The zero-order chi connectivity index (χ0) is 18.9. The average molecular weight is 363 g/mol. The molecule has 1 amide bonds. The van der Waals surface area contributed by atoms with Crippen molar-refractivity contribution in [1.29, 1.82) is 0 Å². The number of hydrogen-bond donors (Lipinski definition) is 2. The Bertz CT molecular complexity index is 616. The second-order valence-corrected chi connectivity index (χ2v) is 6.71. The van der Waals surface area contributed by atoms with E-state index in [0.717, 1.165) is 37.0 Å². The largest absolute Gasteiger partial charge is 0.493 e. The summed E-state index contributed by atoms with van der Waals surface area (Å²) in [5.41, 5.74) is 1.13. The van der Waals surface area contributed by atoms with E-state index in [0.29, 0.717) is 31.7 Å². The van der Waals surface area contributed by atoms with E-state index < -0.39 is 5.97 Å². The van der Waals surface area contributed by atoms with Crippen LogP contribution in [0.4, 0.5) is 0 Å². The summed E-state index contributed by atoms with van der Waals surface area (Å²) < 4.78 is 10.9. The predicted octanol–water partition coefficient (Wildman–Crippen LogP) is 3.03. The minimum atomic E-state index is -0.785. The van der Waals surface area contributed by atoms with Crippen LogP contribution < -0.4 is 14.8 Å². The van der Waals surface area contributed by atoms with Crippen molar-refractivity contribution in [2.45, 2.75) is 45.4 Å². The number of rotatable bonds is 9. The van der Waals surface area contributed by atoms with E-state index in [2.05, 4.69) is 5.32 Å². The zero-order valence-electron chi connectivity index (χ0n) is 15.6. The molecule has 26 heavy (non-hydrogen) atoms. The van der Waals surface area contributed by atoms with Crippen molar-refractivity contribution < 1.29 is 24.2 Å². The standard InChI is InChI=1S/C20H29NO5/c1-3-26-18-12-14(9-10-17(18)25-2)6-5-11-21-19(22)15-7-4-8-16(13-15)20(23)24/h9-10,12,15-16H,3-8,11,13H2,1-2H3,(H,21,22)(H,23,24). The van der Waals surface area contributed by atoms with Crippen LogP contribution >= 0.6 is 0 Å². The van der Waals surface area contributed by atoms with Gasteiger partial charge in [0.1, 0.15) is 0 Å². The van der Waals surface area contributed by atoms with Gasteiger partial charge in [-0.1, -0.05) is 12.5 Å². The Morgan fingerprint density at radius 1 is 1.23 bits per heavy atom. The Labute approximate surface area is 154 Å². The first-order chi connectivity index (χ1) is 12.5. The topological polar surface area (TPSA) is 84.9 Å². The van der Waals surface area contributed by atoms with Crippen LogP contribution in [0.25, 0.3) is 0 Å². The van der Waals surface area contributed by atoms with Gasteiger partial charge < -0.3 is 19.9 Å². The molecule has 0 bridgehead atoms. The number of carboxylic acid groups (broad SMARTS) is 1. The first kappa shape index (κ1) is 20.1. The Morgan fingerprint density at radius 2 is 2.00 bits per heavy atom. The van der Waals surface area contributed by atoms with Crippen molar-refractivity contribution >= 4 is 11.9 Å². The molecule has 1 aliphatic carbocycles. The molecule has 0 spiro atoms. The summed E-state index contributed by atoms with van der Waals surface area (Å²) in [6.45, 7) is 3.10. The molecule has 6 heteroatoms. The van der Waals surface area contributed by atoms with E-state index in [-0.39, 0.29) is 17.7 Å². The second kappa shape index (κ2) is 10.0. The van der Waals surface area contributed by atoms with E-state index in [1.54, 1.807) is 7.11 Å². The fourth-order valence-electron chi connectivity index (χ4n) is 3.45. The van der Waals surface area contributed by atoms with Gasteiger partial charge in [0.15, 0.2) is 11.5 Å². The first-order valence-corrected chi connectivity index (χ1v) is 9.35. The molecule has 2 N–H and O–H groups in total. The molecule has 1 aliphatic rings. The van der Waals surface area contributed by atoms with Gasteiger partial charge in [-0.25, -0.2) is 0 Å². The van der Waals surface area contributed by atoms with Crippen LogP contribution in [0.1, 0.15) is 44.6 Å². The molecule has 0 aliphatic heterocycles. The number of benzene rings is 1. The number of aryl methyl sites for hydroxylation is 1. The summed E-state index contributed by atoms with van der Waals surface area (Å²) in [5.74, 6) is 0.103. The number of nitrogens with one attached hydrogen (secondary N) is 1. The summed E-state index contributed by atoms with van der Waals surface area (Å²) in [5, 5.41) is 12.1. The van der Waals surface area contributed by atoms with Crippen LogP contribution in [-0.4, -0.2) is 37.2 Å². The molecule has 144 valence electrons. The lowest BCUT2D eigenvalue weighted by molar-refractivity contribution is -0.144. The normalized spacial score (nSPS) is 19.6. The van der Waals surface area contributed by atoms with Gasteiger partial charge in [0.25, 0.3) is 0 Å². The summed E-state index contributed by atoms with van der Waals surface area (Å²) in [4.78, 5) is 23.4. The van der Waals surface area contributed by atoms with Gasteiger partial charge in [-0.15, -0.1) is 0 Å². The van der Waals surface area contributed by atoms with Crippen LogP contribution in [0.2, 0.25) is 0 Å². The van der Waals surface area contributed by atoms with Crippen LogP contribution in [0.5, 0.6) is 11.5 Å². The molecule has 1 saturated carbocycles. The number of carbonyl (C=O) groups is 2. The molecule has 1 aromatic carbocycles. The molecule has 0 saturated heterocycles. The lowest BCUT2D eigenvalue weighted by atomic mass is 9.81. The summed E-state index contributed by atoms with van der Waals surface area (Å²) in [7, 11) is 1.62. The molecular weight excluding hydrogens is 334 g/mol. The Hall–Kier alpha value is -2.24. The van der Waals surface area contributed by atoms with E-state index in [4.69, 9.17) is 14.6 Å².